The van der Waals surface area contributed by atoms with Crippen LogP contribution in [0.4, 0.5) is 0 Å². The van der Waals surface area contributed by atoms with E-state index in [1.807, 2.05) is 0 Å². The van der Waals surface area contributed by atoms with Gasteiger partial charge in [-0.05, 0) is 24.8 Å². The third-order valence-corrected chi connectivity index (χ3v) is 5.53. The first-order valence-corrected chi connectivity index (χ1v) is 7.81. The van der Waals surface area contributed by atoms with Gasteiger partial charge in [-0.1, -0.05) is 0 Å². The van der Waals surface area contributed by atoms with E-state index in [4.69, 9.17) is 10.2 Å². The van der Waals surface area contributed by atoms with E-state index in [2.05, 4.69) is 0 Å². The van der Waals surface area contributed by atoms with E-state index < -0.39 is 16.0 Å². The average molecular weight is 302 g/mol. The zero-order valence-electron chi connectivity index (χ0n) is 11.2. The molecule has 0 aromatic carbocycles. The largest absolute Gasteiger partial charge is 0.477 e. The maximum absolute atomic E-state index is 12.4. The molecular weight excluding hydrogens is 284 g/mol. The van der Waals surface area contributed by atoms with Crippen LogP contribution in [-0.2, 0) is 17.1 Å². The highest BCUT2D eigenvalue weighted by Gasteiger charge is 2.30. The summed E-state index contributed by atoms with van der Waals surface area (Å²) in [5.41, 5.74) is -0.0613. The van der Waals surface area contributed by atoms with Crippen LogP contribution in [0.1, 0.15) is 23.3 Å². The number of carboxylic acid groups (broad SMARTS) is 1. The van der Waals surface area contributed by atoms with Crippen LogP contribution in [0.15, 0.2) is 17.2 Å². The number of hydrogen-bond acceptors (Lipinski definition) is 4. The molecule has 0 spiro atoms. The number of aromatic nitrogens is 1. The minimum absolute atomic E-state index is 0.000140. The van der Waals surface area contributed by atoms with Gasteiger partial charge in [-0.2, -0.15) is 4.31 Å². The lowest BCUT2D eigenvalue weighted by molar-refractivity contribution is 0.0686. The summed E-state index contributed by atoms with van der Waals surface area (Å²) in [6.07, 6.45) is 2.56. The SMILES string of the molecule is Cn1cc(S(=O)(=O)N2CCC(CO)CC2)cc1C(=O)O. The molecule has 0 amide bonds. The molecule has 1 aliphatic heterocycles. The highest BCUT2D eigenvalue weighted by Crippen LogP contribution is 2.24. The van der Waals surface area contributed by atoms with E-state index >= 15 is 0 Å². The first-order chi connectivity index (χ1) is 9.36. The highest BCUT2D eigenvalue weighted by atomic mass is 32.2. The number of sulfonamides is 1. The zero-order valence-corrected chi connectivity index (χ0v) is 12.0. The molecule has 1 aromatic heterocycles. The van der Waals surface area contributed by atoms with E-state index in [1.165, 1.54) is 28.2 Å². The lowest BCUT2D eigenvalue weighted by Crippen LogP contribution is -2.39. The van der Waals surface area contributed by atoms with E-state index in [-0.39, 0.29) is 23.1 Å². The van der Waals surface area contributed by atoms with Crippen molar-refractivity contribution in [3.63, 3.8) is 0 Å². The minimum Gasteiger partial charge on any atom is -0.477 e. The Morgan fingerprint density at radius 3 is 2.45 bits per heavy atom. The molecule has 0 unspecified atom stereocenters. The fourth-order valence-corrected chi connectivity index (χ4v) is 3.91. The van der Waals surface area contributed by atoms with Crippen LogP contribution >= 0.6 is 0 Å². The standard InChI is InChI=1S/C12H18N2O5S/c1-13-7-10(6-11(13)12(16)17)20(18,19)14-4-2-9(8-15)3-5-14/h6-7,9,15H,2-5,8H2,1H3,(H,16,17). The van der Waals surface area contributed by atoms with Crippen molar-refractivity contribution in [2.75, 3.05) is 19.7 Å². The van der Waals surface area contributed by atoms with Gasteiger partial charge in [-0.15, -0.1) is 0 Å². The van der Waals surface area contributed by atoms with Crippen LogP contribution in [0.5, 0.6) is 0 Å². The second-order valence-corrected chi connectivity index (χ2v) is 6.95. The molecule has 0 saturated carbocycles. The van der Waals surface area contributed by atoms with Crippen molar-refractivity contribution in [1.29, 1.82) is 0 Å². The number of piperidine rings is 1. The van der Waals surface area contributed by atoms with Gasteiger partial charge in [0.1, 0.15) is 10.6 Å². The first-order valence-electron chi connectivity index (χ1n) is 6.37. The van der Waals surface area contributed by atoms with E-state index in [0.29, 0.717) is 25.9 Å². The molecule has 2 heterocycles. The lowest BCUT2D eigenvalue weighted by atomic mass is 10.00. The molecule has 8 heteroatoms. The van der Waals surface area contributed by atoms with Gasteiger partial charge in [0, 0.05) is 32.9 Å². The van der Waals surface area contributed by atoms with Crippen LogP contribution in [0.2, 0.25) is 0 Å². The highest BCUT2D eigenvalue weighted by molar-refractivity contribution is 7.89. The number of aliphatic hydroxyl groups excluding tert-OH is 1. The second-order valence-electron chi connectivity index (χ2n) is 5.01. The van der Waals surface area contributed by atoms with Crippen molar-refractivity contribution < 1.29 is 23.4 Å². The molecule has 1 fully saturated rings. The summed E-state index contributed by atoms with van der Waals surface area (Å²) in [5, 5.41) is 18.0. The first kappa shape index (κ1) is 15.0. The Labute approximate surface area is 117 Å². The van der Waals surface area contributed by atoms with Crippen LogP contribution in [0.3, 0.4) is 0 Å². The van der Waals surface area contributed by atoms with E-state index in [9.17, 15) is 13.2 Å². The summed E-state index contributed by atoms with van der Waals surface area (Å²) in [5.74, 6) is -1.01. The average Bonchev–Trinajstić information content (AvgIpc) is 2.82. The molecule has 1 aromatic rings. The Bertz CT molecular complexity index is 599. The molecule has 1 saturated heterocycles. The molecule has 1 aliphatic rings. The zero-order chi connectivity index (χ0) is 14.9. The molecular formula is C12H18N2O5S. The van der Waals surface area contributed by atoms with Gasteiger partial charge in [0.2, 0.25) is 10.0 Å². The van der Waals surface area contributed by atoms with Crippen molar-refractivity contribution in [2.45, 2.75) is 17.7 Å². The molecule has 0 bridgehead atoms. The lowest BCUT2D eigenvalue weighted by Gasteiger charge is -2.29. The van der Waals surface area contributed by atoms with Gasteiger partial charge in [-0.25, -0.2) is 13.2 Å². The van der Waals surface area contributed by atoms with Crippen molar-refractivity contribution in [2.24, 2.45) is 13.0 Å². The third kappa shape index (κ3) is 2.72. The van der Waals surface area contributed by atoms with Gasteiger partial charge in [0.15, 0.2) is 0 Å². The Balaban J connectivity index is 2.23. The Morgan fingerprint density at radius 2 is 2.00 bits per heavy atom. The minimum atomic E-state index is -3.66. The second kappa shape index (κ2) is 5.55. The van der Waals surface area contributed by atoms with Crippen LogP contribution < -0.4 is 0 Å². The van der Waals surface area contributed by atoms with Crippen molar-refractivity contribution >= 4 is 16.0 Å². The smallest absolute Gasteiger partial charge is 0.352 e. The quantitative estimate of drug-likeness (QED) is 0.822. The van der Waals surface area contributed by atoms with Crippen molar-refractivity contribution in [1.82, 2.24) is 8.87 Å². The fraction of sp³-hybridized carbons (Fsp3) is 0.583. The van der Waals surface area contributed by atoms with Gasteiger partial charge in [0.05, 0.1) is 0 Å². The number of aliphatic hydroxyl groups is 1. The molecule has 7 nitrogen and oxygen atoms in total. The number of carboxylic acids is 1. The number of aromatic carboxylic acids is 1. The molecule has 2 rings (SSSR count). The van der Waals surface area contributed by atoms with Crippen LogP contribution in [-0.4, -0.2) is 53.2 Å². The monoisotopic (exact) mass is 302 g/mol. The number of rotatable bonds is 4. The van der Waals surface area contributed by atoms with E-state index in [1.54, 1.807) is 0 Å². The summed E-state index contributed by atoms with van der Waals surface area (Å²) in [6, 6.07) is 1.18. The Hall–Kier alpha value is -1.38. The third-order valence-electron chi connectivity index (χ3n) is 3.67. The summed E-state index contributed by atoms with van der Waals surface area (Å²) < 4.78 is 27.5. The predicted molar refractivity (Wildman–Crippen MR) is 70.9 cm³/mol. The Morgan fingerprint density at radius 1 is 1.40 bits per heavy atom. The number of hydrogen-bond donors (Lipinski definition) is 2. The molecule has 2 N–H and O–H groups in total. The van der Waals surface area contributed by atoms with Gasteiger partial charge in [-0.3, -0.25) is 0 Å². The summed E-state index contributed by atoms with van der Waals surface area (Å²) in [6.45, 7) is 0.776. The topological polar surface area (TPSA) is 99.8 Å². The molecule has 0 radical (unpaired) electrons. The molecule has 0 aliphatic carbocycles. The van der Waals surface area contributed by atoms with Gasteiger partial charge < -0.3 is 14.8 Å². The maximum atomic E-state index is 12.4. The van der Waals surface area contributed by atoms with Gasteiger partial charge in [0.25, 0.3) is 0 Å². The van der Waals surface area contributed by atoms with Crippen LogP contribution in [0.25, 0.3) is 0 Å². The number of carbonyl (C=O) groups is 1. The number of nitrogens with zero attached hydrogens (tertiary/aromatic N) is 2. The maximum Gasteiger partial charge on any atom is 0.352 e. The normalized spacial score (nSPS) is 18.3. The molecule has 0 atom stereocenters. The van der Waals surface area contributed by atoms with Crippen LogP contribution in [0, 0.1) is 5.92 Å². The molecule has 112 valence electrons. The number of aryl methyl sites for hydroxylation is 1. The summed E-state index contributed by atoms with van der Waals surface area (Å²) in [4.78, 5) is 11.0. The molecule has 20 heavy (non-hydrogen) atoms. The van der Waals surface area contributed by atoms with Crippen molar-refractivity contribution in [3.8, 4) is 0 Å². The van der Waals surface area contributed by atoms with Crippen molar-refractivity contribution in [3.05, 3.63) is 18.0 Å². The van der Waals surface area contributed by atoms with Gasteiger partial charge >= 0.3 is 5.97 Å². The summed E-state index contributed by atoms with van der Waals surface area (Å²) >= 11 is 0. The summed E-state index contributed by atoms with van der Waals surface area (Å²) in [7, 11) is -2.16. The predicted octanol–water partition coefficient (Wildman–Crippen LogP) is 0.116. The fourth-order valence-electron chi connectivity index (χ4n) is 2.37. The van der Waals surface area contributed by atoms with E-state index in [0.717, 1.165) is 0 Å². The Kier molecular flexibility index (Phi) is 4.17.